The third kappa shape index (κ3) is 5.99. The molecule has 1 unspecified atom stereocenters. The molecule has 2 aromatic carbocycles. The van der Waals surface area contributed by atoms with Gasteiger partial charge in [0, 0.05) is 65.6 Å². The zero-order chi connectivity index (χ0) is 31.1. The number of fused-ring (bicyclic) bond motifs is 2. The molecule has 0 radical (unpaired) electrons. The lowest BCUT2D eigenvalue weighted by molar-refractivity contribution is -0.121. The SMILES string of the molecule is O=C(Nc1nccs1)C(c1ncn2c1C[C@@H](F)C2)N1Cc2c(F)cc(C#Cc3ccc(CN4CCC(O)CC4)cc3)cc2C1=O. The zero-order valence-electron chi connectivity index (χ0n) is 24.2. The molecule has 1 saturated heterocycles. The normalized spacial score (nSPS) is 18.8. The topological polar surface area (TPSA) is 104 Å². The van der Waals surface area contributed by atoms with Crippen LogP contribution in [0.3, 0.4) is 0 Å². The number of halogens is 2. The number of nitrogens with one attached hydrogen (secondary N) is 1. The minimum Gasteiger partial charge on any atom is -0.393 e. The van der Waals surface area contributed by atoms with Gasteiger partial charge in [-0.15, -0.1) is 11.3 Å². The molecule has 0 aliphatic carbocycles. The van der Waals surface area contributed by atoms with E-state index in [-0.39, 0.29) is 42.4 Å². The maximum absolute atomic E-state index is 15.5. The van der Waals surface area contributed by atoms with Crippen molar-refractivity contribution in [2.24, 2.45) is 0 Å². The molecule has 3 aliphatic rings. The molecule has 0 bridgehead atoms. The highest BCUT2D eigenvalue weighted by Crippen LogP contribution is 2.36. The second-order valence-electron chi connectivity index (χ2n) is 11.6. The Labute approximate surface area is 262 Å². The van der Waals surface area contributed by atoms with Crippen molar-refractivity contribution >= 4 is 28.3 Å². The summed E-state index contributed by atoms with van der Waals surface area (Å²) < 4.78 is 31.4. The van der Waals surface area contributed by atoms with Gasteiger partial charge < -0.3 is 14.6 Å². The monoisotopic (exact) mass is 628 g/mol. The van der Waals surface area contributed by atoms with Crippen molar-refractivity contribution in [2.75, 3.05) is 18.4 Å². The van der Waals surface area contributed by atoms with Gasteiger partial charge in [-0.1, -0.05) is 24.0 Å². The number of anilines is 1. The number of thiazole rings is 1. The van der Waals surface area contributed by atoms with E-state index in [0.29, 0.717) is 16.4 Å². The lowest BCUT2D eigenvalue weighted by atomic mass is 10.0. The van der Waals surface area contributed by atoms with Gasteiger partial charge in [-0.05, 0) is 42.7 Å². The van der Waals surface area contributed by atoms with E-state index >= 15 is 4.39 Å². The second kappa shape index (κ2) is 12.2. The predicted molar refractivity (Wildman–Crippen MR) is 164 cm³/mol. The lowest BCUT2D eigenvalue weighted by Gasteiger charge is -2.29. The van der Waals surface area contributed by atoms with Gasteiger partial charge in [0.1, 0.15) is 12.0 Å². The summed E-state index contributed by atoms with van der Waals surface area (Å²) in [6.07, 6.45) is 3.33. The Hall–Kier alpha value is -4.44. The number of aromatic nitrogens is 3. The Morgan fingerprint density at radius 2 is 1.91 bits per heavy atom. The first-order chi connectivity index (χ1) is 21.8. The van der Waals surface area contributed by atoms with E-state index in [4.69, 9.17) is 0 Å². The van der Waals surface area contributed by atoms with Crippen LogP contribution in [0, 0.1) is 17.7 Å². The molecule has 12 heteroatoms. The van der Waals surface area contributed by atoms with Gasteiger partial charge in [0.05, 0.1) is 31.2 Å². The molecular formula is C33H30F2N6O3S. The van der Waals surface area contributed by atoms with Crippen LogP contribution in [0.2, 0.25) is 0 Å². The van der Waals surface area contributed by atoms with Gasteiger partial charge in [0.2, 0.25) is 0 Å². The molecule has 0 saturated carbocycles. The summed E-state index contributed by atoms with van der Waals surface area (Å²) in [6, 6.07) is 9.48. The average Bonchev–Trinajstić information content (AvgIpc) is 3.82. The zero-order valence-corrected chi connectivity index (χ0v) is 25.1. The highest BCUT2D eigenvalue weighted by molar-refractivity contribution is 7.13. The van der Waals surface area contributed by atoms with Crippen LogP contribution in [0.4, 0.5) is 13.9 Å². The largest absolute Gasteiger partial charge is 0.393 e. The summed E-state index contributed by atoms with van der Waals surface area (Å²) in [5.74, 6) is 4.36. The number of likely N-dealkylation sites (tertiary alicyclic amines) is 1. The maximum Gasteiger partial charge on any atom is 0.255 e. The summed E-state index contributed by atoms with van der Waals surface area (Å²) >= 11 is 1.22. The van der Waals surface area contributed by atoms with E-state index in [0.717, 1.165) is 43.6 Å². The number of nitrogens with zero attached hydrogens (tertiary/aromatic N) is 5. The van der Waals surface area contributed by atoms with Gasteiger partial charge in [0.15, 0.2) is 11.2 Å². The number of rotatable bonds is 6. The summed E-state index contributed by atoms with van der Waals surface area (Å²) in [5.41, 5.74) is 3.35. The fourth-order valence-electron chi connectivity index (χ4n) is 6.23. The molecule has 230 valence electrons. The Bertz CT molecular complexity index is 1810. The van der Waals surface area contributed by atoms with Crippen molar-refractivity contribution in [3.63, 3.8) is 0 Å². The van der Waals surface area contributed by atoms with Gasteiger partial charge in [0.25, 0.3) is 11.8 Å². The number of aliphatic hydroxyl groups is 1. The minimum absolute atomic E-state index is 0.0722. The molecule has 5 heterocycles. The van der Waals surface area contributed by atoms with Crippen LogP contribution in [0.1, 0.15) is 62.9 Å². The van der Waals surface area contributed by atoms with E-state index in [1.807, 2.05) is 24.3 Å². The quantitative estimate of drug-likeness (QED) is 0.312. The number of amides is 2. The van der Waals surface area contributed by atoms with Crippen molar-refractivity contribution < 1.29 is 23.5 Å². The van der Waals surface area contributed by atoms with Crippen LogP contribution in [-0.4, -0.2) is 66.6 Å². The Kier molecular flexibility index (Phi) is 7.91. The highest BCUT2D eigenvalue weighted by Gasteiger charge is 2.42. The first kappa shape index (κ1) is 29.3. The first-order valence-corrected chi connectivity index (χ1v) is 15.7. The van der Waals surface area contributed by atoms with Crippen LogP contribution in [0.5, 0.6) is 0 Å². The van der Waals surface area contributed by atoms with E-state index < -0.39 is 29.8 Å². The molecule has 45 heavy (non-hydrogen) atoms. The first-order valence-electron chi connectivity index (χ1n) is 14.9. The molecule has 3 aliphatic heterocycles. The van der Waals surface area contributed by atoms with E-state index in [1.54, 1.807) is 22.2 Å². The summed E-state index contributed by atoms with van der Waals surface area (Å²) in [7, 11) is 0. The summed E-state index contributed by atoms with van der Waals surface area (Å²) in [5, 5.41) is 14.5. The number of carbonyl (C=O) groups excluding carboxylic acids is 2. The standard InChI is InChI=1S/C33H30F2N6O3S/c34-23-15-28-29(37-19-40(28)17-23)30(31(43)38-33-36-9-12-45-33)41-18-26-25(32(41)44)13-22(14-27(26)35)6-3-20-1-4-21(5-2-20)16-39-10-7-24(42)8-11-39/h1-2,4-5,9,12-14,19,23-24,30,42H,7-8,10-11,15-18H2,(H,36,38,43)/t23-,30?/m1/s1. The molecule has 7 rings (SSSR count). The van der Waals surface area contributed by atoms with E-state index in [1.165, 1.54) is 28.6 Å². The number of alkyl halides is 1. The van der Waals surface area contributed by atoms with E-state index in [9.17, 15) is 19.1 Å². The van der Waals surface area contributed by atoms with Crippen LogP contribution >= 0.6 is 11.3 Å². The average molecular weight is 629 g/mol. The van der Waals surface area contributed by atoms with Gasteiger partial charge in [-0.25, -0.2) is 18.7 Å². The molecular weight excluding hydrogens is 598 g/mol. The van der Waals surface area contributed by atoms with Crippen LogP contribution in [0.25, 0.3) is 0 Å². The maximum atomic E-state index is 15.5. The van der Waals surface area contributed by atoms with Crippen molar-refractivity contribution in [3.05, 3.63) is 99.3 Å². The number of benzene rings is 2. The number of carbonyl (C=O) groups is 2. The van der Waals surface area contributed by atoms with Crippen molar-refractivity contribution in [3.8, 4) is 11.8 Å². The molecule has 2 atom stereocenters. The number of piperidine rings is 1. The van der Waals surface area contributed by atoms with Gasteiger partial charge in [-0.3, -0.25) is 19.8 Å². The van der Waals surface area contributed by atoms with Crippen molar-refractivity contribution in [1.82, 2.24) is 24.3 Å². The third-order valence-corrected chi connectivity index (χ3v) is 9.24. The van der Waals surface area contributed by atoms with Gasteiger partial charge in [-0.2, -0.15) is 0 Å². The van der Waals surface area contributed by atoms with Crippen molar-refractivity contribution in [1.29, 1.82) is 0 Å². The molecule has 9 nitrogen and oxygen atoms in total. The summed E-state index contributed by atoms with van der Waals surface area (Å²) in [4.78, 5) is 39.5. The molecule has 1 fully saturated rings. The smallest absolute Gasteiger partial charge is 0.255 e. The fraction of sp³-hybridized carbons (Fsp3) is 0.333. The van der Waals surface area contributed by atoms with Crippen molar-refractivity contribution in [2.45, 2.75) is 57.2 Å². The molecule has 4 aromatic rings. The highest BCUT2D eigenvalue weighted by atomic mass is 32.1. The lowest BCUT2D eigenvalue weighted by Crippen LogP contribution is -2.38. The number of hydrogen-bond donors (Lipinski definition) is 2. The van der Waals surface area contributed by atoms with Crippen LogP contribution < -0.4 is 5.32 Å². The molecule has 2 aromatic heterocycles. The van der Waals surface area contributed by atoms with Crippen LogP contribution in [0.15, 0.2) is 54.3 Å². The van der Waals surface area contributed by atoms with E-state index in [2.05, 4.69) is 32.0 Å². The Balaban J connectivity index is 1.12. The number of aliphatic hydroxyl groups excluding tert-OH is 1. The van der Waals surface area contributed by atoms with Crippen LogP contribution in [-0.2, 0) is 30.8 Å². The third-order valence-electron chi connectivity index (χ3n) is 8.55. The second-order valence-corrected chi connectivity index (χ2v) is 12.5. The Morgan fingerprint density at radius 1 is 1.13 bits per heavy atom. The van der Waals surface area contributed by atoms with Gasteiger partial charge >= 0.3 is 0 Å². The minimum atomic E-state index is -1.21. The predicted octanol–water partition coefficient (Wildman–Crippen LogP) is 4.07. The summed E-state index contributed by atoms with van der Waals surface area (Å²) in [6.45, 7) is 2.51. The fourth-order valence-corrected chi connectivity index (χ4v) is 6.76. The molecule has 2 N–H and O–H groups in total. The molecule has 0 spiro atoms. The molecule has 2 amide bonds. The number of imidazole rings is 1. The Morgan fingerprint density at radius 3 is 2.67 bits per heavy atom. The number of hydrogen-bond acceptors (Lipinski definition) is 7.